The van der Waals surface area contributed by atoms with E-state index in [9.17, 15) is 4.39 Å². The van der Waals surface area contributed by atoms with Crippen LogP contribution in [0, 0.1) is 17.7 Å². The van der Waals surface area contributed by atoms with E-state index >= 15 is 0 Å². The number of hydrogen-bond acceptors (Lipinski definition) is 2. The molecule has 0 radical (unpaired) electrons. The summed E-state index contributed by atoms with van der Waals surface area (Å²) in [6, 6.07) is 6.36. The molecule has 17 heavy (non-hydrogen) atoms. The van der Waals surface area contributed by atoms with Gasteiger partial charge in [0, 0.05) is 0 Å². The van der Waals surface area contributed by atoms with Gasteiger partial charge in [0.2, 0.25) is 0 Å². The molecule has 1 aliphatic heterocycles. The highest BCUT2D eigenvalue weighted by Gasteiger charge is 2.25. The molecule has 1 heterocycles. The highest BCUT2D eigenvalue weighted by molar-refractivity contribution is 5.21. The van der Waals surface area contributed by atoms with Crippen LogP contribution in [0.15, 0.2) is 24.3 Å². The molecule has 0 spiro atoms. The minimum Gasteiger partial charge on any atom is -0.381 e. The molecule has 0 aliphatic carbocycles. The van der Waals surface area contributed by atoms with E-state index < -0.39 is 6.10 Å². The molecule has 1 aliphatic rings. The maximum atomic E-state index is 12.8. The first-order valence-electron chi connectivity index (χ1n) is 5.75. The van der Waals surface area contributed by atoms with E-state index in [2.05, 4.69) is 11.8 Å². The van der Waals surface area contributed by atoms with Gasteiger partial charge in [-0.15, -0.1) is 0 Å². The lowest BCUT2D eigenvalue weighted by Gasteiger charge is -2.10. The molecule has 0 amide bonds. The molecule has 2 rings (SSSR count). The van der Waals surface area contributed by atoms with Crippen LogP contribution in [0.5, 0.6) is 0 Å². The normalized spacial score (nSPS) is 25.1. The van der Waals surface area contributed by atoms with E-state index in [0.717, 1.165) is 18.4 Å². The first kappa shape index (κ1) is 12.1. The molecule has 1 unspecified atom stereocenters. The number of ether oxygens (including phenoxy) is 1. The van der Waals surface area contributed by atoms with Crippen LogP contribution in [0.25, 0.3) is 0 Å². The first-order chi connectivity index (χ1) is 8.15. The van der Waals surface area contributed by atoms with Crippen molar-refractivity contribution in [1.82, 2.24) is 0 Å². The van der Waals surface area contributed by atoms with Crippen LogP contribution < -0.4 is 0 Å². The van der Waals surface area contributed by atoms with E-state index in [1.54, 1.807) is 19.1 Å². The summed E-state index contributed by atoms with van der Waals surface area (Å²) in [6.45, 7) is 1.62. The highest BCUT2D eigenvalue weighted by atomic mass is 19.1. The molecule has 2 nitrogen and oxygen atoms in total. The van der Waals surface area contributed by atoms with Crippen LogP contribution in [0.1, 0.15) is 31.4 Å². The van der Waals surface area contributed by atoms with Crippen molar-refractivity contribution in [1.29, 1.82) is 0 Å². The molecular formula is C14H15FO2. The summed E-state index contributed by atoms with van der Waals surface area (Å²) < 4.78 is 18.5. The Morgan fingerprint density at radius 2 is 2.06 bits per heavy atom. The first-order valence-corrected chi connectivity index (χ1v) is 5.75. The van der Waals surface area contributed by atoms with Crippen LogP contribution in [-0.4, -0.2) is 17.3 Å². The minimum absolute atomic E-state index is 0.0103. The third-order valence-electron chi connectivity index (χ3n) is 2.71. The summed E-state index contributed by atoms with van der Waals surface area (Å²) in [5.74, 6) is 5.35. The van der Waals surface area contributed by atoms with Crippen molar-refractivity contribution in [2.24, 2.45) is 0 Å². The highest BCUT2D eigenvalue weighted by Crippen LogP contribution is 2.32. The van der Waals surface area contributed by atoms with Gasteiger partial charge in [-0.25, -0.2) is 4.39 Å². The third kappa shape index (κ3) is 3.29. The molecule has 1 saturated heterocycles. The molecule has 1 aromatic rings. The van der Waals surface area contributed by atoms with Crippen LogP contribution in [0.2, 0.25) is 0 Å². The van der Waals surface area contributed by atoms with Gasteiger partial charge < -0.3 is 9.84 Å². The molecule has 1 N–H and O–H groups in total. The van der Waals surface area contributed by atoms with Crippen LogP contribution in [0.3, 0.4) is 0 Å². The van der Waals surface area contributed by atoms with E-state index in [0.29, 0.717) is 0 Å². The Hall–Kier alpha value is -1.37. The summed E-state index contributed by atoms with van der Waals surface area (Å²) in [5, 5.41) is 9.06. The van der Waals surface area contributed by atoms with Gasteiger partial charge in [0.1, 0.15) is 18.0 Å². The lowest BCUT2D eigenvalue weighted by atomic mass is 10.1. The van der Waals surface area contributed by atoms with Crippen molar-refractivity contribution in [3.8, 4) is 11.8 Å². The lowest BCUT2D eigenvalue weighted by Crippen LogP contribution is -2.05. The van der Waals surface area contributed by atoms with Crippen LogP contribution >= 0.6 is 0 Å². The predicted octanol–water partition coefficient (Wildman–Crippen LogP) is 2.43. The van der Waals surface area contributed by atoms with Gasteiger partial charge in [-0.2, -0.15) is 0 Å². The van der Waals surface area contributed by atoms with Gasteiger partial charge >= 0.3 is 0 Å². The predicted molar refractivity (Wildman–Crippen MR) is 62.7 cm³/mol. The molecule has 3 heteroatoms. The van der Waals surface area contributed by atoms with Gasteiger partial charge in [-0.1, -0.05) is 24.0 Å². The molecule has 1 aromatic carbocycles. The fraction of sp³-hybridized carbons (Fsp3) is 0.429. The Morgan fingerprint density at radius 3 is 2.71 bits per heavy atom. The monoisotopic (exact) mass is 234 g/mol. The zero-order chi connectivity index (χ0) is 12.3. The summed E-state index contributed by atoms with van der Waals surface area (Å²) in [7, 11) is 0. The van der Waals surface area contributed by atoms with Crippen molar-refractivity contribution in [3.63, 3.8) is 0 Å². The second kappa shape index (κ2) is 5.31. The fourth-order valence-electron chi connectivity index (χ4n) is 1.88. The smallest absolute Gasteiger partial charge is 0.123 e. The number of aliphatic hydroxyl groups is 1. The lowest BCUT2D eigenvalue weighted by molar-refractivity contribution is 0.0758. The zero-order valence-corrected chi connectivity index (χ0v) is 9.69. The quantitative estimate of drug-likeness (QED) is 0.756. The summed E-state index contributed by atoms with van der Waals surface area (Å²) in [5.41, 5.74) is 0.979. The third-order valence-corrected chi connectivity index (χ3v) is 2.71. The van der Waals surface area contributed by atoms with Gasteiger partial charge in [0.05, 0.1) is 6.10 Å². The molecule has 1 fully saturated rings. The van der Waals surface area contributed by atoms with Gasteiger partial charge in [-0.05, 0) is 37.5 Å². The van der Waals surface area contributed by atoms with Crippen molar-refractivity contribution in [2.75, 3.05) is 0 Å². The Morgan fingerprint density at radius 1 is 1.35 bits per heavy atom. The molecular weight excluding hydrogens is 219 g/mol. The van der Waals surface area contributed by atoms with Crippen LogP contribution in [-0.2, 0) is 4.74 Å². The fourth-order valence-corrected chi connectivity index (χ4v) is 1.88. The zero-order valence-electron chi connectivity index (χ0n) is 9.69. The Bertz CT molecular complexity index is 428. The number of benzene rings is 1. The molecule has 0 aromatic heterocycles. The van der Waals surface area contributed by atoms with Crippen molar-refractivity contribution >= 4 is 0 Å². The van der Waals surface area contributed by atoms with Gasteiger partial charge in [0.15, 0.2) is 0 Å². The van der Waals surface area contributed by atoms with Crippen molar-refractivity contribution in [2.45, 2.75) is 38.1 Å². The van der Waals surface area contributed by atoms with E-state index in [-0.39, 0.29) is 18.0 Å². The molecule has 90 valence electrons. The molecule has 3 atom stereocenters. The minimum atomic E-state index is -0.622. The Kier molecular flexibility index (Phi) is 3.78. The van der Waals surface area contributed by atoms with Crippen molar-refractivity contribution in [3.05, 3.63) is 35.6 Å². The number of halogens is 1. The van der Waals surface area contributed by atoms with E-state index in [4.69, 9.17) is 9.84 Å². The summed E-state index contributed by atoms with van der Waals surface area (Å²) >= 11 is 0. The second-order valence-corrected chi connectivity index (χ2v) is 4.21. The number of aliphatic hydroxyl groups excluding tert-OH is 1. The van der Waals surface area contributed by atoms with Gasteiger partial charge in [-0.3, -0.25) is 0 Å². The average Bonchev–Trinajstić information content (AvgIpc) is 2.76. The SMILES string of the molecule is CC(O)C#C[C@H]1CC[C@H](c2ccc(F)cc2)O1. The van der Waals surface area contributed by atoms with E-state index in [1.807, 2.05) is 0 Å². The maximum Gasteiger partial charge on any atom is 0.123 e. The number of hydrogen-bond donors (Lipinski definition) is 1. The topological polar surface area (TPSA) is 29.5 Å². The Labute approximate surface area is 100 Å². The van der Waals surface area contributed by atoms with E-state index in [1.165, 1.54) is 12.1 Å². The van der Waals surface area contributed by atoms with Crippen LogP contribution in [0.4, 0.5) is 4.39 Å². The Balaban J connectivity index is 1.99. The van der Waals surface area contributed by atoms with Gasteiger partial charge in [0.25, 0.3) is 0 Å². The molecule has 0 bridgehead atoms. The summed E-state index contributed by atoms with van der Waals surface area (Å²) in [6.07, 6.45) is 0.971. The standard InChI is InChI=1S/C14H15FO2/c1-10(16)2-7-13-8-9-14(17-13)11-3-5-12(15)6-4-11/h3-6,10,13-14,16H,8-9H2,1H3/t10?,13-,14+/m0/s1. The molecule has 0 saturated carbocycles. The number of rotatable bonds is 1. The average molecular weight is 234 g/mol. The van der Waals surface area contributed by atoms with Crippen molar-refractivity contribution < 1.29 is 14.2 Å². The second-order valence-electron chi connectivity index (χ2n) is 4.21. The summed E-state index contributed by atoms with van der Waals surface area (Å²) in [4.78, 5) is 0. The largest absolute Gasteiger partial charge is 0.381 e. The maximum absolute atomic E-state index is 12.8.